The summed E-state index contributed by atoms with van der Waals surface area (Å²) in [5.74, 6) is 0. The quantitative estimate of drug-likeness (QED) is 0.921. The standard InChI is InChI=1S/C18H28N2O/c1-15-9-10-19-17(12-16-6-3-2-4-7-16)13-20(15)14-18-8-5-11-21-18/h2-4,6-7,15,17-19H,5,8-14H2,1H3. The van der Waals surface area contributed by atoms with E-state index in [1.807, 2.05) is 0 Å². The van der Waals surface area contributed by atoms with E-state index in [9.17, 15) is 0 Å². The Morgan fingerprint density at radius 3 is 2.86 bits per heavy atom. The summed E-state index contributed by atoms with van der Waals surface area (Å²) >= 11 is 0. The van der Waals surface area contributed by atoms with Gasteiger partial charge in [0.05, 0.1) is 6.10 Å². The van der Waals surface area contributed by atoms with Crippen molar-refractivity contribution < 1.29 is 4.74 Å². The van der Waals surface area contributed by atoms with Gasteiger partial charge in [-0.1, -0.05) is 30.3 Å². The minimum absolute atomic E-state index is 0.461. The molecule has 3 atom stereocenters. The van der Waals surface area contributed by atoms with E-state index in [1.165, 1.54) is 24.8 Å². The first-order valence-corrected chi connectivity index (χ1v) is 8.44. The molecule has 3 heteroatoms. The fourth-order valence-electron chi connectivity index (χ4n) is 3.55. The van der Waals surface area contributed by atoms with Crippen molar-refractivity contribution >= 4 is 0 Å². The minimum atomic E-state index is 0.461. The molecule has 2 saturated heterocycles. The summed E-state index contributed by atoms with van der Waals surface area (Å²) in [6.07, 6.45) is 5.29. The van der Waals surface area contributed by atoms with Crippen LogP contribution in [0, 0.1) is 0 Å². The van der Waals surface area contributed by atoms with Gasteiger partial charge in [0, 0.05) is 31.8 Å². The van der Waals surface area contributed by atoms with Gasteiger partial charge in [-0.05, 0) is 44.7 Å². The average Bonchev–Trinajstić information content (AvgIpc) is 2.94. The van der Waals surface area contributed by atoms with Crippen LogP contribution in [0.3, 0.4) is 0 Å². The topological polar surface area (TPSA) is 24.5 Å². The number of rotatable bonds is 4. The van der Waals surface area contributed by atoms with Gasteiger partial charge in [0.2, 0.25) is 0 Å². The molecule has 3 unspecified atom stereocenters. The van der Waals surface area contributed by atoms with E-state index >= 15 is 0 Å². The van der Waals surface area contributed by atoms with Crippen molar-refractivity contribution in [2.45, 2.75) is 50.8 Å². The molecule has 1 aromatic rings. The zero-order valence-electron chi connectivity index (χ0n) is 13.1. The third-order valence-electron chi connectivity index (χ3n) is 4.86. The summed E-state index contributed by atoms with van der Waals surface area (Å²) in [5.41, 5.74) is 1.43. The van der Waals surface area contributed by atoms with Crippen LogP contribution in [0.2, 0.25) is 0 Å². The highest BCUT2D eigenvalue weighted by atomic mass is 16.5. The third-order valence-corrected chi connectivity index (χ3v) is 4.86. The molecule has 0 amide bonds. The van der Waals surface area contributed by atoms with E-state index < -0.39 is 0 Å². The number of benzene rings is 1. The van der Waals surface area contributed by atoms with Crippen molar-refractivity contribution in [3.8, 4) is 0 Å². The summed E-state index contributed by atoms with van der Waals surface area (Å²) in [7, 11) is 0. The molecule has 3 nitrogen and oxygen atoms in total. The van der Waals surface area contributed by atoms with Crippen molar-refractivity contribution in [3.63, 3.8) is 0 Å². The van der Waals surface area contributed by atoms with E-state index in [0.717, 1.165) is 32.7 Å². The smallest absolute Gasteiger partial charge is 0.0702 e. The molecule has 2 heterocycles. The summed E-state index contributed by atoms with van der Waals surface area (Å²) in [5, 5.41) is 3.73. The second kappa shape index (κ2) is 7.39. The molecule has 2 aliphatic heterocycles. The molecule has 1 aromatic carbocycles. The van der Waals surface area contributed by atoms with Gasteiger partial charge in [0.15, 0.2) is 0 Å². The van der Waals surface area contributed by atoms with Crippen LogP contribution in [0.5, 0.6) is 0 Å². The first-order valence-electron chi connectivity index (χ1n) is 8.44. The first-order chi connectivity index (χ1) is 10.3. The fourth-order valence-corrected chi connectivity index (χ4v) is 3.55. The van der Waals surface area contributed by atoms with Crippen molar-refractivity contribution in [3.05, 3.63) is 35.9 Å². The highest BCUT2D eigenvalue weighted by Crippen LogP contribution is 2.18. The summed E-state index contributed by atoms with van der Waals surface area (Å²) in [6, 6.07) is 12.1. The summed E-state index contributed by atoms with van der Waals surface area (Å²) < 4.78 is 5.84. The first kappa shape index (κ1) is 15.0. The monoisotopic (exact) mass is 288 g/mol. The highest BCUT2D eigenvalue weighted by Gasteiger charge is 2.26. The van der Waals surface area contributed by atoms with Crippen LogP contribution >= 0.6 is 0 Å². The minimum Gasteiger partial charge on any atom is -0.377 e. The van der Waals surface area contributed by atoms with Crippen molar-refractivity contribution in [1.82, 2.24) is 10.2 Å². The highest BCUT2D eigenvalue weighted by molar-refractivity contribution is 5.16. The summed E-state index contributed by atoms with van der Waals surface area (Å²) in [6.45, 7) is 6.69. The molecule has 3 rings (SSSR count). The van der Waals surface area contributed by atoms with E-state index in [4.69, 9.17) is 4.74 Å². The van der Waals surface area contributed by atoms with E-state index in [-0.39, 0.29) is 0 Å². The Balaban J connectivity index is 1.59. The Hall–Kier alpha value is -0.900. The predicted octanol–water partition coefficient (Wildman–Crippen LogP) is 2.46. The second-order valence-corrected chi connectivity index (χ2v) is 6.57. The van der Waals surface area contributed by atoms with Gasteiger partial charge in [0.25, 0.3) is 0 Å². The summed E-state index contributed by atoms with van der Waals surface area (Å²) in [4.78, 5) is 2.64. The van der Waals surface area contributed by atoms with Crippen LogP contribution in [0.15, 0.2) is 30.3 Å². The van der Waals surface area contributed by atoms with Gasteiger partial charge < -0.3 is 10.1 Å². The Morgan fingerprint density at radius 2 is 2.10 bits per heavy atom. The Kier molecular flexibility index (Phi) is 5.28. The molecule has 2 aliphatic rings. The van der Waals surface area contributed by atoms with Gasteiger partial charge in [-0.15, -0.1) is 0 Å². The molecule has 0 saturated carbocycles. The fraction of sp³-hybridized carbons (Fsp3) is 0.667. The lowest BCUT2D eigenvalue weighted by Crippen LogP contribution is -2.44. The lowest BCUT2D eigenvalue weighted by atomic mass is 10.1. The maximum absolute atomic E-state index is 5.84. The molecule has 0 aromatic heterocycles. The number of ether oxygens (including phenoxy) is 1. The van der Waals surface area contributed by atoms with Crippen molar-refractivity contribution in [2.75, 3.05) is 26.2 Å². The Labute approximate surface area is 128 Å². The lowest BCUT2D eigenvalue weighted by molar-refractivity contribution is 0.0591. The molecule has 0 radical (unpaired) electrons. The molecule has 21 heavy (non-hydrogen) atoms. The van der Waals surface area contributed by atoms with E-state index in [1.54, 1.807) is 0 Å². The molecule has 0 spiro atoms. The van der Waals surface area contributed by atoms with E-state index in [0.29, 0.717) is 18.2 Å². The van der Waals surface area contributed by atoms with Crippen LogP contribution in [-0.2, 0) is 11.2 Å². The van der Waals surface area contributed by atoms with Gasteiger partial charge in [-0.3, -0.25) is 4.90 Å². The molecule has 116 valence electrons. The number of nitrogens with one attached hydrogen (secondary N) is 1. The second-order valence-electron chi connectivity index (χ2n) is 6.57. The zero-order valence-corrected chi connectivity index (χ0v) is 13.1. The van der Waals surface area contributed by atoms with Crippen molar-refractivity contribution in [2.24, 2.45) is 0 Å². The Bertz CT molecular complexity index is 416. The van der Waals surface area contributed by atoms with Gasteiger partial charge >= 0.3 is 0 Å². The number of hydrogen-bond donors (Lipinski definition) is 1. The van der Waals surface area contributed by atoms with Crippen LogP contribution < -0.4 is 5.32 Å². The lowest BCUT2D eigenvalue weighted by Gasteiger charge is -2.31. The number of nitrogens with zero attached hydrogens (tertiary/aromatic N) is 1. The predicted molar refractivity (Wildman–Crippen MR) is 86.6 cm³/mol. The maximum Gasteiger partial charge on any atom is 0.0702 e. The van der Waals surface area contributed by atoms with E-state index in [2.05, 4.69) is 47.5 Å². The Morgan fingerprint density at radius 1 is 1.24 bits per heavy atom. The van der Waals surface area contributed by atoms with Crippen LogP contribution in [0.25, 0.3) is 0 Å². The number of hydrogen-bond acceptors (Lipinski definition) is 3. The van der Waals surface area contributed by atoms with Crippen molar-refractivity contribution in [1.29, 1.82) is 0 Å². The van der Waals surface area contributed by atoms with Crippen LogP contribution in [-0.4, -0.2) is 49.3 Å². The van der Waals surface area contributed by atoms with Gasteiger partial charge in [0.1, 0.15) is 0 Å². The molecular weight excluding hydrogens is 260 g/mol. The maximum atomic E-state index is 5.84. The van der Waals surface area contributed by atoms with Crippen LogP contribution in [0.4, 0.5) is 0 Å². The van der Waals surface area contributed by atoms with Crippen LogP contribution in [0.1, 0.15) is 31.7 Å². The molecule has 2 fully saturated rings. The SMILES string of the molecule is CC1CCNC(Cc2ccccc2)CN1CC1CCCO1. The zero-order chi connectivity index (χ0) is 14.5. The molecule has 0 aliphatic carbocycles. The molecular formula is C18H28N2O. The molecule has 1 N–H and O–H groups in total. The van der Waals surface area contributed by atoms with Gasteiger partial charge in [-0.25, -0.2) is 0 Å². The molecule has 0 bridgehead atoms. The largest absolute Gasteiger partial charge is 0.377 e. The van der Waals surface area contributed by atoms with Gasteiger partial charge in [-0.2, -0.15) is 0 Å². The average molecular weight is 288 g/mol. The normalized spacial score (nSPS) is 31.2. The third kappa shape index (κ3) is 4.29.